The van der Waals surface area contributed by atoms with E-state index in [1.54, 1.807) is 36.4 Å². The minimum Gasteiger partial charge on any atom is -0.496 e. The fourth-order valence-corrected chi connectivity index (χ4v) is 6.71. The number of ether oxygens (including phenoxy) is 2. The van der Waals surface area contributed by atoms with Crippen molar-refractivity contribution < 1.29 is 38.2 Å². The summed E-state index contributed by atoms with van der Waals surface area (Å²) < 4.78 is 11.0. The second-order valence-corrected chi connectivity index (χ2v) is 13.1. The zero-order chi connectivity index (χ0) is 37.4. The Morgan fingerprint density at radius 1 is 0.481 bits per heavy atom. The molecular weight excluding hydrogens is 668 g/mol. The molecule has 0 spiro atoms. The van der Waals surface area contributed by atoms with Crippen LogP contribution in [0.1, 0.15) is 114 Å². The van der Waals surface area contributed by atoms with E-state index in [4.69, 9.17) is 20.9 Å². The Labute approximate surface area is 301 Å². The smallest absolute Gasteiger partial charge is 0.255 e. The van der Waals surface area contributed by atoms with Crippen LogP contribution in [0.4, 0.5) is 0 Å². The van der Waals surface area contributed by atoms with Gasteiger partial charge in [0, 0.05) is 52.5 Å². The third-order valence-electron chi connectivity index (χ3n) is 9.62. The number of hydrogen-bond donors (Lipinski definition) is 6. The molecule has 0 radical (unpaired) electrons. The molecule has 2 saturated carbocycles. The molecular formula is C38H44N6O8. The molecule has 274 valence electrons. The lowest BCUT2D eigenvalue weighted by atomic mass is 9.90. The second kappa shape index (κ2) is 16.9. The number of nitrogens with two attached hydrogens (primary N) is 2. The Hall–Kier alpha value is -5.92. The van der Waals surface area contributed by atoms with Gasteiger partial charge < -0.3 is 42.2 Å². The number of primary amides is 2. The van der Waals surface area contributed by atoms with E-state index in [-0.39, 0.29) is 69.7 Å². The molecule has 0 heterocycles. The molecule has 0 bridgehead atoms. The number of benzene rings is 3. The first-order valence-electron chi connectivity index (χ1n) is 17.2. The standard InChI is InChI=1S/C38H44N6O8/c1-51-31-20-32(52-2)30(38(50)44-28-15-11-26(12-16-28)42-36(48)24-8-4-6-22(18-24)34(40)46)19-29(31)37(49)43-27-13-9-25(10-14-27)41-35(47)23-7-3-5-21(17-23)33(39)45/h3-8,17-20,25-28H,9-16H2,1-2H3,(H2,39,45)(H2,40,46)(H,41,47)(H,42,48)(H,43,49)(H,44,50)/t25-,26-,27-,28-. The largest absolute Gasteiger partial charge is 0.496 e. The van der Waals surface area contributed by atoms with Crippen LogP contribution in [0.3, 0.4) is 0 Å². The van der Waals surface area contributed by atoms with E-state index < -0.39 is 23.6 Å². The van der Waals surface area contributed by atoms with Gasteiger partial charge in [-0.15, -0.1) is 0 Å². The third-order valence-corrected chi connectivity index (χ3v) is 9.62. The summed E-state index contributed by atoms with van der Waals surface area (Å²) in [4.78, 5) is 75.6. The van der Waals surface area contributed by atoms with Gasteiger partial charge in [-0.1, -0.05) is 12.1 Å². The quantitative estimate of drug-likeness (QED) is 0.164. The van der Waals surface area contributed by atoms with Crippen molar-refractivity contribution >= 4 is 35.4 Å². The fraction of sp³-hybridized carbons (Fsp3) is 0.368. The topological polar surface area (TPSA) is 221 Å². The van der Waals surface area contributed by atoms with Crippen LogP contribution in [0, 0.1) is 0 Å². The number of hydrogen-bond acceptors (Lipinski definition) is 8. The SMILES string of the molecule is COc1cc(OC)c(C(=O)N[C@H]2CC[C@H](NC(=O)c3cccc(C(N)=O)c3)CC2)cc1C(=O)N[C@H]1CC[C@H](NC(=O)c2cccc(C(N)=O)c2)CC1. The lowest BCUT2D eigenvalue weighted by Crippen LogP contribution is -2.44. The molecule has 3 aromatic carbocycles. The van der Waals surface area contributed by atoms with Crippen LogP contribution < -0.4 is 42.2 Å². The highest BCUT2D eigenvalue weighted by atomic mass is 16.5. The van der Waals surface area contributed by atoms with Crippen molar-refractivity contribution in [3.05, 3.63) is 94.0 Å². The number of carbonyl (C=O) groups is 6. The van der Waals surface area contributed by atoms with Crippen molar-refractivity contribution in [3.63, 3.8) is 0 Å². The fourth-order valence-electron chi connectivity index (χ4n) is 6.71. The van der Waals surface area contributed by atoms with Crippen LogP contribution in [0.5, 0.6) is 11.5 Å². The maximum atomic E-state index is 13.5. The summed E-state index contributed by atoms with van der Waals surface area (Å²) >= 11 is 0. The normalized spacial score (nSPS) is 19.7. The summed E-state index contributed by atoms with van der Waals surface area (Å²) in [6.45, 7) is 0. The van der Waals surface area contributed by atoms with Gasteiger partial charge in [-0.3, -0.25) is 28.8 Å². The van der Waals surface area contributed by atoms with Gasteiger partial charge >= 0.3 is 0 Å². The Morgan fingerprint density at radius 2 is 0.788 bits per heavy atom. The monoisotopic (exact) mass is 712 g/mol. The molecule has 0 unspecified atom stereocenters. The predicted octanol–water partition coefficient (Wildman–Crippen LogP) is 2.84. The molecule has 0 aliphatic heterocycles. The molecule has 2 aliphatic rings. The summed E-state index contributed by atoms with van der Waals surface area (Å²) in [6, 6.07) is 14.9. The highest BCUT2D eigenvalue weighted by Crippen LogP contribution is 2.31. The predicted molar refractivity (Wildman–Crippen MR) is 191 cm³/mol. The van der Waals surface area contributed by atoms with E-state index in [9.17, 15) is 28.8 Å². The van der Waals surface area contributed by atoms with Crippen molar-refractivity contribution in [1.29, 1.82) is 0 Å². The average molecular weight is 713 g/mol. The first kappa shape index (κ1) is 37.3. The van der Waals surface area contributed by atoms with Crippen LogP contribution in [0.25, 0.3) is 0 Å². The zero-order valence-corrected chi connectivity index (χ0v) is 29.2. The van der Waals surface area contributed by atoms with Crippen molar-refractivity contribution in [2.45, 2.75) is 75.5 Å². The summed E-state index contributed by atoms with van der Waals surface area (Å²) in [6.07, 6.45) is 5.00. The molecule has 14 heteroatoms. The minimum absolute atomic E-state index is 0.101. The molecule has 3 aromatic rings. The summed E-state index contributed by atoms with van der Waals surface area (Å²) in [7, 11) is 2.87. The number of rotatable bonds is 12. The molecule has 2 aliphatic carbocycles. The maximum absolute atomic E-state index is 13.5. The van der Waals surface area contributed by atoms with E-state index in [2.05, 4.69) is 21.3 Å². The molecule has 52 heavy (non-hydrogen) atoms. The second-order valence-electron chi connectivity index (χ2n) is 13.1. The first-order chi connectivity index (χ1) is 24.9. The van der Waals surface area contributed by atoms with E-state index in [0.29, 0.717) is 62.5 Å². The Balaban J connectivity index is 1.14. The first-order valence-corrected chi connectivity index (χ1v) is 17.2. The minimum atomic E-state index is -0.609. The molecule has 5 rings (SSSR count). The van der Waals surface area contributed by atoms with Gasteiger partial charge in [0.05, 0.1) is 25.3 Å². The maximum Gasteiger partial charge on any atom is 0.255 e. The van der Waals surface area contributed by atoms with Crippen LogP contribution >= 0.6 is 0 Å². The van der Waals surface area contributed by atoms with Crippen molar-refractivity contribution in [2.75, 3.05) is 14.2 Å². The number of amides is 6. The lowest BCUT2D eigenvalue weighted by molar-refractivity contribution is 0.0885. The number of carbonyl (C=O) groups excluding carboxylic acids is 6. The van der Waals surface area contributed by atoms with E-state index in [1.807, 2.05) is 0 Å². The number of methoxy groups -OCH3 is 2. The molecule has 2 fully saturated rings. The van der Waals surface area contributed by atoms with Crippen molar-refractivity contribution in [3.8, 4) is 11.5 Å². The van der Waals surface area contributed by atoms with Gasteiger partial charge in [-0.2, -0.15) is 0 Å². The van der Waals surface area contributed by atoms with Gasteiger partial charge in [-0.25, -0.2) is 0 Å². The van der Waals surface area contributed by atoms with Gasteiger partial charge in [0.25, 0.3) is 23.6 Å². The third kappa shape index (κ3) is 9.24. The summed E-state index contributed by atoms with van der Waals surface area (Å²) in [5, 5.41) is 12.1. The van der Waals surface area contributed by atoms with Crippen LogP contribution in [-0.2, 0) is 0 Å². The van der Waals surface area contributed by atoms with Gasteiger partial charge in [0.1, 0.15) is 11.5 Å². The molecule has 0 atom stereocenters. The van der Waals surface area contributed by atoms with Crippen LogP contribution in [0.15, 0.2) is 60.7 Å². The average Bonchev–Trinajstić information content (AvgIpc) is 3.15. The van der Waals surface area contributed by atoms with E-state index >= 15 is 0 Å². The van der Waals surface area contributed by atoms with Crippen molar-refractivity contribution in [2.24, 2.45) is 11.5 Å². The van der Waals surface area contributed by atoms with Crippen molar-refractivity contribution in [1.82, 2.24) is 21.3 Å². The van der Waals surface area contributed by atoms with E-state index in [1.165, 1.54) is 38.5 Å². The Morgan fingerprint density at radius 3 is 1.10 bits per heavy atom. The van der Waals surface area contributed by atoms with Gasteiger partial charge in [-0.05, 0) is 93.8 Å². The molecule has 0 aromatic heterocycles. The number of nitrogens with one attached hydrogen (secondary N) is 4. The molecule has 14 nitrogen and oxygen atoms in total. The Kier molecular flexibility index (Phi) is 12.1. The summed E-state index contributed by atoms with van der Waals surface area (Å²) in [5.74, 6) is -2.11. The summed E-state index contributed by atoms with van der Waals surface area (Å²) in [5.41, 5.74) is 12.3. The Bertz CT molecular complexity index is 1720. The van der Waals surface area contributed by atoms with Crippen LogP contribution in [0.2, 0.25) is 0 Å². The lowest BCUT2D eigenvalue weighted by Gasteiger charge is -2.30. The molecule has 8 N–H and O–H groups in total. The van der Waals surface area contributed by atoms with Gasteiger partial charge in [0.2, 0.25) is 11.8 Å². The molecule has 6 amide bonds. The van der Waals surface area contributed by atoms with Crippen LogP contribution in [-0.4, -0.2) is 73.8 Å². The highest BCUT2D eigenvalue weighted by Gasteiger charge is 2.29. The highest BCUT2D eigenvalue weighted by molar-refractivity contribution is 6.04. The van der Waals surface area contributed by atoms with Gasteiger partial charge in [0.15, 0.2) is 0 Å². The molecule has 0 saturated heterocycles. The zero-order valence-electron chi connectivity index (χ0n) is 29.2. The van der Waals surface area contributed by atoms with E-state index in [0.717, 1.165) is 0 Å².